The van der Waals surface area contributed by atoms with E-state index in [0.717, 1.165) is 0 Å². The fourth-order valence-electron chi connectivity index (χ4n) is 0.520. The van der Waals surface area contributed by atoms with Gasteiger partial charge in [-0.2, -0.15) is 0 Å². The Bertz CT molecular complexity index is 129. The summed E-state index contributed by atoms with van der Waals surface area (Å²) in [5.41, 5.74) is 12.3. The molecule has 0 aromatic heterocycles. The van der Waals surface area contributed by atoms with Crippen LogP contribution in [0.5, 0.6) is 0 Å². The standard InChI is InChI=1S/C6H15N3OS/c1-3-6(9-8-2)4-10-11-5-7/h3,5-6,8-9,11H,1,4,7H2,2H3. The van der Waals surface area contributed by atoms with Gasteiger partial charge in [-0.3, -0.25) is 5.43 Å². The van der Waals surface area contributed by atoms with Crippen molar-refractivity contribution < 1.29 is 4.18 Å². The van der Waals surface area contributed by atoms with Crippen molar-refractivity contribution in [3.05, 3.63) is 12.7 Å². The predicted molar refractivity (Wildman–Crippen MR) is 51.4 cm³/mol. The highest BCUT2D eigenvalue weighted by molar-refractivity contribution is 7.92. The SMILES string of the molecule is C=CC(CO[SH]=CN)NNC. The Labute approximate surface area is 70.9 Å². The Kier molecular flexibility index (Phi) is 7.76. The van der Waals surface area contributed by atoms with Crippen LogP contribution in [0.1, 0.15) is 0 Å². The maximum Gasteiger partial charge on any atom is 0.0806 e. The molecule has 0 rings (SSSR count). The number of hydrogen-bond donors (Lipinski definition) is 4. The second-order valence-electron chi connectivity index (χ2n) is 1.79. The zero-order valence-electron chi connectivity index (χ0n) is 6.58. The fraction of sp³-hybridized carbons (Fsp3) is 0.500. The van der Waals surface area contributed by atoms with E-state index in [0.29, 0.717) is 18.2 Å². The summed E-state index contributed by atoms with van der Waals surface area (Å²) in [6, 6.07) is 0.118. The van der Waals surface area contributed by atoms with Gasteiger partial charge in [-0.15, -0.1) is 6.58 Å². The molecule has 1 atom stereocenters. The molecule has 11 heavy (non-hydrogen) atoms. The van der Waals surface area contributed by atoms with Gasteiger partial charge in [0, 0.05) is 5.49 Å². The van der Waals surface area contributed by atoms with Crippen molar-refractivity contribution in [3.63, 3.8) is 0 Å². The van der Waals surface area contributed by atoms with Crippen LogP contribution >= 0.6 is 11.6 Å². The number of hydrazine groups is 1. The normalized spacial score (nSPS) is 14.4. The van der Waals surface area contributed by atoms with Crippen LogP contribution in [0.15, 0.2) is 12.7 Å². The molecule has 4 nitrogen and oxygen atoms in total. The van der Waals surface area contributed by atoms with E-state index in [1.807, 2.05) is 0 Å². The van der Waals surface area contributed by atoms with Gasteiger partial charge in [0.15, 0.2) is 0 Å². The van der Waals surface area contributed by atoms with Gasteiger partial charge in [-0.1, -0.05) is 17.7 Å². The maximum absolute atomic E-state index is 5.11. The van der Waals surface area contributed by atoms with Gasteiger partial charge in [0.05, 0.1) is 12.6 Å². The Morgan fingerprint density at radius 3 is 3.00 bits per heavy atom. The van der Waals surface area contributed by atoms with Crippen molar-refractivity contribution in [2.24, 2.45) is 5.73 Å². The molecule has 0 aliphatic carbocycles. The maximum atomic E-state index is 5.11. The number of nitrogens with one attached hydrogen (secondary N) is 2. The van der Waals surface area contributed by atoms with Gasteiger partial charge in [-0.05, 0) is 7.05 Å². The lowest BCUT2D eigenvalue weighted by molar-refractivity contribution is 0.323. The van der Waals surface area contributed by atoms with Gasteiger partial charge in [0.1, 0.15) is 0 Å². The topological polar surface area (TPSA) is 59.3 Å². The van der Waals surface area contributed by atoms with Gasteiger partial charge < -0.3 is 9.92 Å². The molecule has 0 fully saturated rings. The second kappa shape index (κ2) is 7.90. The lowest BCUT2D eigenvalue weighted by Gasteiger charge is -2.11. The van der Waals surface area contributed by atoms with Gasteiger partial charge in [-0.25, -0.2) is 5.43 Å². The molecular weight excluding hydrogens is 162 g/mol. The largest absolute Gasteiger partial charge is 0.323 e. The number of hydrogen-bond acceptors (Lipinski definition) is 3. The molecule has 0 aromatic carbocycles. The molecule has 0 bridgehead atoms. The van der Waals surface area contributed by atoms with E-state index in [4.69, 9.17) is 9.92 Å². The second-order valence-corrected chi connectivity index (χ2v) is 2.55. The molecule has 0 aromatic rings. The first kappa shape index (κ1) is 10.8. The third kappa shape index (κ3) is 6.21. The molecule has 0 saturated carbocycles. The predicted octanol–water partition coefficient (Wildman–Crippen LogP) is -0.619. The Balaban J connectivity index is 3.43. The van der Waals surface area contributed by atoms with E-state index in [1.165, 1.54) is 5.49 Å². The first-order chi connectivity index (χ1) is 5.35. The summed E-state index contributed by atoms with van der Waals surface area (Å²) in [7, 11) is 1.79. The molecule has 0 amide bonds. The summed E-state index contributed by atoms with van der Waals surface area (Å²) in [4.78, 5) is 0. The lowest BCUT2D eigenvalue weighted by Crippen LogP contribution is -2.39. The van der Waals surface area contributed by atoms with E-state index in [2.05, 4.69) is 17.4 Å². The van der Waals surface area contributed by atoms with E-state index >= 15 is 0 Å². The minimum absolute atomic E-state index is 0.118. The third-order valence-electron chi connectivity index (χ3n) is 1.00. The van der Waals surface area contributed by atoms with E-state index < -0.39 is 0 Å². The fourth-order valence-corrected chi connectivity index (χ4v) is 0.853. The highest BCUT2D eigenvalue weighted by Crippen LogP contribution is 1.91. The zero-order valence-corrected chi connectivity index (χ0v) is 7.47. The van der Waals surface area contributed by atoms with E-state index in [9.17, 15) is 0 Å². The number of thiol groups is 1. The molecule has 0 heterocycles. The molecule has 4 N–H and O–H groups in total. The van der Waals surface area contributed by atoms with Crippen molar-refractivity contribution >= 4 is 17.1 Å². The average Bonchev–Trinajstić information content (AvgIpc) is 2.03. The molecule has 0 aliphatic rings. The smallest absolute Gasteiger partial charge is 0.0806 e. The van der Waals surface area contributed by atoms with Crippen LogP contribution in [0, 0.1) is 0 Å². The Morgan fingerprint density at radius 2 is 2.55 bits per heavy atom. The number of rotatable bonds is 6. The molecule has 0 spiro atoms. The Hall–Kier alpha value is -0.200. The minimum atomic E-state index is 0.118. The first-order valence-electron chi connectivity index (χ1n) is 3.25. The molecule has 0 aliphatic heterocycles. The average molecular weight is 177 g/mol. The molecule has 5 heteroatoms. The van der Waals surface area contributed by atoms with Crippen LogP contribution in [-0.2, 0) is 4.18 Å². The highest BCUT2D eigenvalue weighted by atomic mass is 32.2. The summed E-state index contributed by atoms with van der Waals surface area (Å²) < 4.78 is 5.11. The van der Waals surface area contributed by atoms with Crippen molar-refractivity contribution in [2.75, 3.05) is 13.7 Å². The minimum Gasteiger partial charge on any atom is -0.323 e. The van der Waals surface area contributed by atoms with Crippen molar-refractivity contribution in [3.8, 4) is 0 Å². The summed E-state index contributed by atoms with van der Waals surface area (Å²) in [5.74, 6) is 0. The summed E-state index contributed by atoms with van der Waals surface area (Å²) in [5, 5.41) is 0. The summed E-state index contributed by atoms with van der Waals surface area (Å²) >= 11 is 0.684. The van der Waals surface area contributed by atoms with Crippen molar-refractivity contribution in [2.45, 2.75) is 6.04 Å². The molecule has 66 valence electrons. The van der Waals surface area contributed by atoms with Crippen LogP contribution in [0.2, 0.25) is 0 Å². The highest BCUT2D eigenvalue weighted by Gasteiger charge is 1.98. The first-order valence-corrected chi connectivity index (χ1v) is 4.13. The zero-order chi connectivity index (χ0) is 8.53. The van der Waals surface area contributed by atoms with E-state index in [1.54, 1.807) is 13.1 Å². The van der Waals surface area contributed by atoms with Crippen molar-refractivity contribution in [1.82, 2.24) is 10.9 Å². The van der Waals surface area contributed by atoms with Crippen molar-refractivity contribution in [1.29, 1.82) is 0 Å². The lowest BCUT2D eigenvalue weighted by atomic mass is 10.3. The summed E-state index contributed by atoms with van der Waals surface area (Å²) in [6.07, 6.45) is 1.77. The molecule has 1 unspecified atom stereocenters. The molecule has 0 saturated heterocycles. The van der Waals surface area contributed by atoms with Crippen LogP contribution in [-0.4, -0.2) is 25.2 Å². The van der Waals surface area contributed by atoms with Crippen LogP contribution < -0.4 is 16.6 Å². The van der Waals surface area contributed by atoms with Crippen LogP contribution in [0.25, 0.3) is 0 Å². The Morgan fingerprint density at radius 1 is 1.82 bits per heavy atom. The van der Waals surface area contributed by atoms with Crippen LogP contribution in [0.4, 0.5) is 0 Å². The van der Waals surface area contributed by atoms with Crippen LogP contribution in [0.3, 0.4) is 0 Å². The third-order valence-corrected chi connectivity index (χ3v) is 1.42. The van der Waals surface area contributed by atoms with Gasteiger partial charge in [0.25, 0.3) is 0 Å². The molecular formula is C6H15N3OS. The van der Waals surface area contributed by atoms with E-state index in [-0.39, 0.29) is 6.04 Å². The quantitative estimate of drug-likeness (QED) is 0.189. The summed E-state index contributed by atoms with van der Waals surface area (Å²) in [6.45, 7) is 4.19. The van der Waals surface area contributed by atoms with Gasteiger partial charge >= 0.3 is 0 Å². The van der Waals surface area contributed by atoms with Gasteiger partial charge in [0.2, 0.25) is 0 Å². The molecule has 0 radical (unpaired) electrons. The monoisotopic (exact) mass is 177 g/mol. The number of nitrogens with two attached hydrogens (primary N) is 1.